The monoisotopic (exact) mass is 333 g/mol. The van der Waals surface area contributed by atoms with Crippen molar-refractivity contribution in [1.29, 1.82) is 0 Å². The van der Waals surface area contributed by atoms with E-state index in [1.807, 2.05) is 11.0 Å². The number of hydrogen-bond acceptors (Lipinski definition) is 5. The van der Waals surface area contributed by atoms with Gasteiger partial charge in [-0.2, -0.15) is 0 Å². The Morgan fingerprint density at radius 2 is 2.21 bits per heavy atom. The number of carbonyl (C=O) groups is 2. The van der Waals surface area contributed by atoms with Crippen molar-refractivity contribution in [3.63, 3.8) is 0 Å². The van der Waals surface area contributed by atoms with E-state index in [0.717, 1.165) is 63.0 Å². The molecule has 24 heavy (non-hydrogen) atoms. The summed E-state index contributed by atoms with van der Waals surface area (Å²) in [4.78, 5) is 27.1. The molecule has 7 heteroatoms. The average molecular weight is 333 g/mol. The van der Waals surface area contributed by atoms with Crippen molar-refractivity contribution < 1.29 is 19.4 Å². The lowest BCUT2D eigenvalue weighted by molar-refractivity contribution is -0.131. The van der Waals surface area contributed by atoms with E-state index in [1.54, 1.807) is 12.4 Å². The van der Waals surface area contributed by atoms with Gasteiger partial charge in [-0.25, -0.2) is 4.79 Å². The normalized spacial score (nSPS) is 25.1. The van der Waals surface area contributed by atoms with Gasteiger partial charge in [-0.1, -0.05) is 0 Å². The second-order valence-corrected chi connectivity index (χ2v) is 6.29. The fraction of sp³-hybridized carbons (Fsp3) is 0.529. The number of carbonyl (C=O) groups excluding carboxylic acids is 1. The second-order valence-electron chi connectivity index (χ2n) is 6.29. The Balaban J connectivity index is 1.56. The van der Waals surface area contributed by atoms with Gasteiger partial charge in [-0.05, 0) is 31.0 Å². The molecule has 1 amide bonds. The highest BCUT2D eigenvalue weighted by molar-refractivity contribution is 5.83. The van der Waals surface area contributed by atoms with Crippen LogP contribution in [0.5, 0.6) is 0 Å². The maximum Gasteiger partial charge on any atom is 0.329 e. The first-order valence-electron chi connectivity index (χ1n) is 8.30. The SMILES string of the molecule is O=C(O)/C=C/N1C=CC2=C(CC(CCN3CCOCC3)C(=O)N2)C1. The molecule has 3 aliphatic heterocycles. The van der Waals surface area contributed by atoms with Gasteiger partial charge in [0.2, 0.25) is 5.91 Å². The Morgan fingerprint density at radius 1 is 1.42 bits per heavy atom. The smallest absolute Gasteiger partial charge is 0.329 e. The maximum atomic E-state index is 12.3. The highest BCUT2D eigenvalue weighted by atomic mass is 16.5. The minimum atomic E-state index is -0.969. The Morgan fingerprint density at radius 3 is 2.96 bits per heavy atom. The maximum absolute atomic E-state index is 12.3. The first-order chi connectivity index (χ1) is 11.6. The number of morpholine rings is 1. The van der Waals surface area contributed by atoms with Crippen LogP contribution in [0.2, 0.25) is 0 Å². The van der Waals surface area contributed by atoms with Crippen LogP contribution in [-0.2, 0) is 14.3 Å². The van der Waals surface area contributed by atoms with Gasteiger partial charge in [0.15, 0.2) is 0 Å². The summed E-state index contributed by atoms with van der Waals surface area (Å²) in [6.45, 7) is 4.91. The number of hydrogen-bond donors (Lipinski definition) is 2. The van der Waals surface area contributed by atoms with Crippen LogP contribution in [0.3, 0.4) is 0 Å². The molecule has 3 aliphatic rings. The molecule has 1 atom stereocenters. The molecule has 1 saturated heterocycles. The zero-order valence-electron chi connectivity index (χ0n) is 13.6. The van der Waals surface area contributed by atoms with E-state index in [1.165, 1.54) is 0 Å². The van der Waals surface area contributed by atoms with Crippen LogP contribution in [0.4, 0.5) is 0 Å². The molecule has 2 N–H and O–H groups in total. The molecule has 0 radical (unpaired) electrons. The van der Waals surface area contributed by atoms with Gasteiger partial charge < -0.3 is 20.1 Å². The highest BCUT2D eigenvalue weighted by Crippen LogP contribution is 2.27. The van der Waals surface area contributed by atoms with Crippen molar-refractivity contribution in [2.75, 3.05) is 39.4 Å². The third kappa shape index (κ3) is 4.24. The van der Waals surface area contributed by atoms with Crippen molar-refractivity contribution in [3.8, 4) is 0 Å². The zero-order chi connectivity index (χ0) is 16.9. The summed E-state index contributed by atoms with van der Waals surface area (Å²) in [6, 6.07) is 0. The van der Waals surface area contributed by atoms with E-state index < -0.39 is 5.97 Å². The van der Waals surface area contributed by atoms with Gasteiger partial charge in [0.05, 0.1) is 13.2 Å². The summed E-state index contributed by atoms with van der Waals surface area (Å²) in [5.74, 6) is -0.909. The first-order valence-corrected chi connectivity index (χ1v) is 8.30. The minimum Gasteiger partial charge on any atom is -0.478 e. The number of aliphatic carboxylic acids is 1. The fourth-order valence-electron chi connectivity index (χ4n) is 3.23. The molecule has 0 aliphatic carbocycles. The number of amides is 1. The van der Waals surface area contributed by atoms with Crippen LogP contribution in [-0.4, -0.2) is 66.2 Å². The Labute approximate surface area is 141 Å². The van der Waals surface area contributed by atoms with E-state index in [4.69, 9.17) is 9.84 Å². The standard InChI is InChI=1S/C17H23N3O4/c21-16(22)3-6-20-5-2-15-14(12-20)11-13(17(23)18-15)1-4-19-7-9-24-10-8-19/h2-3,5-6,13H,1,4,7-12H2,(H,18,23)(H,21,22)/b6-3+. The molecule has 7 nitrogen and oxygen atoms in total. The van der Waals surface area contributed by atoms with Crippen LogP contribution < -0.4 is 5.32 Å². The zero-order valence-corrected chi connectivity index (χ0v) is 13.6. The predicted molar refractivity (Wildman–Crippen MR) is 87.8 cm³/mol. The van der Waals surface area contributed by atoms with Crippen LogP contribution >= 0.6 is 0 Å². The highest BCUT2D eigenvalue weighted by Gasteiger charge is 2.29. The number of rotatable bonds is 5. The molecule has 1 fully saturated rings. The van der Waals surface area contributed by atoms with Crippen molar-refractivity contribution in [2.24, 2.45) is 5.92 Å². The average Bonchev–Trinajstić information content (AvgIpc) is 2.59. The topological polar surface area (TPSA) is 82.1 Å². The second kappa shape index (κ2) is 7.63. The number of carboxylic acids is 1. The summed E-state index contributed by atoms with van der Waals surface area (Å²) < 4.78 is 5.35. The number of carboxylic acid groups (broad SMARTS) is 1. The molecule has 0 bridgehead atoms. The van der Waals surface area contributed by atoms with Crippen molar-refractivity contribution in [1.82, 2.24) is 15.1 Å². The van der Waals surface area contributed by atoms with E-state index >= 15 is 0 Å². The van der Waals surface area contributed by atoms with Crippen molar-refractivity contribution in [3.05, 3.63) is 35.8 Å². The van der Waals surface area contributed by atoms with Gasteiger partial charge in [-0.15, -0.1) is 0 Å². The molecule has 1 unspecified atom stereocenters. The lowest BCUT2D eigenvalue weighted by Gasteiger charge is -2.33. The lowest BCUT2D eigenvalue weighted by atomic mass is 9.89. The van der Waals surface area contributed by atoms with Gasteiger partial charge >= 0.3 is 5.97 Å². The van der Waals surface area contributed by atoms with E-state index in [9.17, 15) is 9.59 Å². The molecule has 0 aromatic rings. The van der Waals surface area contributed by atoms with Crippen molar-refractivity contribution in [2.45, 2.75) is 12.8 Å². The first kappa shape index (κ1) is 16.7. The number of nitrogens with one attached hydrogen (secondary N) is 1. The Bertz CT molecular complexity index is 591. The van der Waals surface area contributed by atoms with Crippen LogP contribution in [0.25, 0.3) is 0 Å². The van der Waals surface area contributed by atoms with Gasteiger partial charge in [0, 0.05) is 49.7 Å². The molecule has 0 spiro atoms. The summed E-state index contributed by atoms with van der Waals surface area (Å²) in [7, 11) is 0. The molecular formula is C17H23N3O4. The molecule has 130 valence electrons. The van der Waals surface area contributed by atoms with Gasteiger partial charge in [0.25, 0.3) is 0 Å². The molecule has 3 heterocycles. The molecule has 0 aromatic heterocycles. The number of ether oxygens (including phenoxy) is 1. The van der Waals surface area contributed by atoms with E-state index in [-0.39, 0.29) is 11.8 Å². The summed E-state index contributed by atoms with van der Waals surface area (Å²) in [5, 5.41) is 11.7. The van der Waals surface area contributed by atoms with Crippen molar-refractivity contribution >= 4 is 11.9 Å². The molecule has 0 aromatic carbocycles. The Hall–Kier alpha value is -2.12. The van der Waals surface area contributed by atoms with Crippen LogP contribution in [0.15, 0.2) is 35.8 Å². The molecule has 3 rings (SSSR count). The third-order valence-electron chi connectivity index (χ3n) is 4.61. The van der Waals surface area contributed by atoms with E-state index in [2.05, 4.69) is 10.2 Å². The number of nitrogens with zero attached hydrogens (tertiary/aromatic N) is 2. The fourth-order valence-corrected chi connectivity index (χ4v) is 3.23. The van der Waals surface area contributed by atoms with E-state index in [0.29, 0.717) is 6.54 Å². The molecule has 0 saturated carbocycles. The largest absolute Gasteiger partial charge is 0.478 e. The summed E-state index contributed by atoms with van der Waals surface area (Å²) >= 11 is 0. The van der Waals surface area contributed by atoms with Crippen LogP contribution in [0.1, 0.15) is 12.8 Å². The quantitative estimate of drug-likeness (QED) is 0.714. The summed E-state index contributed by atoms with van der Waals surface area (Å²) in [6.07, 6.45) is 7.84. The minimum absolute atomic E-state index is 0.0246. The Kier molecular flexibility index (Phi) is 5.32. The lowest BCUT2D eigenvalue weighted by Crippen LogP contribution is -2.42. The number of allylic oxidation sites excluding steroid dienone is 1. The predicted octanol–water partition coefficient (Wildman–Crippen LogP) is 0.527. The summed E-state index contributed by atoms with van der Waals surface area (Å²) in [5.41, 5.74) is 2.02. The van der Waals surface area contributed by atoms with Gasteiger partial charge in [-0.3, -0.25) is 9.69 Å². The van der Waals surface area contributed by atoms with Crippen LogP contribution in [0, 0.1) is 5.92 Å². The molecular weight excluding hydrogens is 310 g/mol. The van der Waals surface area contributed by atoms with Gasteiger partial charge in [0.1, 0.15) is 0 Å². The third-order valence-corrected chi connectivity index (χ3v) is 4.61.